The Kier molecular flexibility index (Phi) is 7.66. The van der Waals surface area contributed by atoms with Crippen molar-refractivity contribution in [1.82, 2.24) is 0 Å². The van der Waals surface area contributed by atoms with Gasteiger partial charge in [-0.3, -0.25) is 10.1 Å². The van der Waals surface area contributed by atoms with Crippen molar-refractivity contribution >= 4 is 64.0 Å². The van der Waals surface area contributed by atoms with E-state index in [4.69, 9.17) is 46.4 Å². The molecule has 20 heavy (non-hydrogen) atoms. The van der Waals surface area contributed by atoms with Gasteiger partial charge in [-0.05, 0) is 25.1 Å². The van der Waals surface area contributed by atoms with Gasteiger partial charge in [-0.15, -0.1) is 0 Å². The molecule has 1 aromatic carbocycles. The standard InChI is InChI=1S/C11H9Cl4NO3.CH4/c1-6(17)8-3-2-7(4-9(8)12)16-10(18)19-5-11(13,14)15;/h2-4H,5H2,1H3,(H,16,18);1H4. The first-order valence-corrected chi connectivity index (χ1v) is 6.51. The Bertz CT molecular complexity index is 500. The van der Waals surface area contributed by atoms with Crippen LogP contribution in [0.4, 0.5) is 10.5 Å². The van der Waals surface area contributed by atoms with Gasteiger partial charge in [-0.2, -0.15) is 0 Å². The largest absolute Gasteiger partial charge is 0.445 e. The van der Waals surface area contributed by atoms with Crippen molar-refractivity contribution < 1.29 is 14.3 Å². The summed E-state index contributed by atoms with van der Waals surface area (Å²) in [6.45, 7) is 1.01. The molecule has 0 radical (unpaired) electrons. The number of carbonyl (C=O) groups excluding carboxylic acids is 2. The van der Waals surface area contributed by atoms with E-state index in [-0.39, 0.29) is 24.8 Å². The molecule has 0 bridgehead atoms. The molecule has 1 aromatic rings. The average molecular weight is 361 g/mol. The van der Waals surface area contributed by atoms with E-state index in [0.29, 0.717) is 11.3 Å². The van der Waals surface area contributed by atoms with E-state index in [0.717, 1.165) is 0 Å². The summed E-state index contributed by atoms with van der Waals surface area (Å²) >= 11 is 22.2. The molecular weight excluding hydrogens is 348 g/mol. The predicted octanol–water partition coefficient (Wildman–Crippen LogP) is 5.10. The van der Waals surface area contributed by atoms with Crippen molar-refractivity contribution in [2.75, 3.05) is 11.9 Å². The number of carbonyl (C=O) groups is 2. The molecule has 112 valence electrons. The van der Waals surface area contributed by atoms with Crippen molar-refractivity contribution in [3.8, 4) is 0 Å². The number of halogens is 4. The van der Waals surface area contributed by atoms with Gasteiger partial charge in [-0.25, -0.2) is 4.79 Å². The number of nitrogens with one attached hydrogen (secondary N) is 1. The number of Topliss-reactive ketones (excluding diaryl/α,β-unsaturated/α-hetero) is 1. The van der Waals surface area contributed by atoms with E-state index in [9.17, 15) is 9.59 Å². The van der Waals surface area contributed by atoms with Crippen LogP contribution in [0.3, 0.4) is 0 Å². The van der Waals surface area contributed by atoms with Crippen LogP contribution in [0.2, 0.25) is 5.02 Å². The van der Waals surface area contributed by atoms with Gasteiger partial charge in [0.15, 0.2) is 5.78 Å². The zero-order valence-electron chi connectivity index (χ0n) is 9.68. The third-order valence-electron chi connectivity index (χ3n) is 1.96. The van der Waals surface area contributed by atoms with Crippen LogP contribution in [-0.2, 0) is 4.74 Å². The summed E-state index contributed by atoms with van der Waals surface area (Å²) in [5.41, 5.74) is 0.728. The molecule has 0 aliphatic heterocycles. The summed E-state index contributed by atoms with van der Waals surface area (Å²) in [7, 11) is 0. The van der Waals surface area contributed by atoms with Crippen LogP contribution < -0.4 is 5.32 Å². The highest BCUT2D eigenvalue weighted by molar-refractivity contribution is 6.67. The van der Waals surface area contributed by atoms with E-state index in [2.05, 4.69) is 10.1 Å². The molecule has 0 spiro atoms. The minimum atomic E-state index is -1.67. The quantitative estimate of drug-likeness (QED) is 0.602. The second-order valence-corrected chi connectivity index (χ2v) is 6.49. The van der Waals surface area contributed by atoms with E-state index >= 15 is 0 Å². The summed E-state index contributed by atoms with van der Waals surface area (Å²) in [6.07, 6.45) is -0.794. The first kappa shape index (κ1) is 19.3. The van der Waals surface area contributed by atoms with E-state index in [1.165, 1.54) is 25.1 Å². The molecule has 0 aliphatic rings. The zero-order chi connectivity index (χ0) is 14.6. The molecule has 0 heterocycles. The molecule has 0 atom stereocenters. The maximum atomic E-state index is 11.4. The fraction of sp³-hybridized carbons (Fsp3) is 0.333. The molecule has 4 nitrogen and oxygen atoms in total. The van der Waals surface area contributed by atoms with Gasteiger partial charge in [0.2, 0.25) is 3.79 Å². The number of hydrogen-bond donors (Lipinski definition) is 1. The number of ether oxygens (including phenoxy) is 1. The number of benzene rings is 1. The smallest absolute Gasteiger partial charge is 0.411 e. The fourth-order valence-corrected chi connectivity index (χ4v) is 1.66. The monoisotopic (exact) mass is 359 g/mol. The van der Waals surface area contributed by atoms with Crippen LogP contribution in [-0.4, -0.2) is 22.3 Å². The SMILES string of the molecule is C.CC(=O)c1ccc(NC(=O)OCC(Cl)(Cl)Cl)cc1Cl. The molecule has 0 aromatic heterocycles. The van der Waals surface area contributed by atoms with Crippen molar-refractivity contribution in [2.24, 2.45) is 0 Å². The summed E-state index contributed by atoms with van der Waals surface area (Å²) < 4.78 is 3.00. The molecule has 1 rings (SSSR count). The summed E-state index contributed by atoms with van der Waals surface area (Å²) in [5, 5.41) is 2.62. The number of amides is 1. The van der Waals surface area contributed by atoms with Crippen molar-refractivity contribution in [3.63, 3.8) is 0 Å². The predicted molar refractivity (Wildman–Crippen MR) is 83.4 cm³/mol. The lowest BCUT2D eigenvalue weighted by Gasteiger charge is -2.12. The Morgan fingerprint density at radius 2 is 1.90 bits per heavy atom. The first-order chi connectivity index (χ1) is 8.69. The van der Waals surface area contributed by atoms with Gasteiger partial charge < -0.3 is 4.74 Å². The third kappa shape index (κ3) is 6.66. The fourth-order valence-electron chi connectivity index (χ4n) is 1.18. The molecule has 0 fully saturated rings. The Balaban J connectivity index is 0.00000361. The Hall–Kier alpha value is -0.680. The summed E-state index contributed by atoms with van der Waals surface area (Å²) in [5.74, 6) is -0.171. The van der Waals surface area contributed by atoms with Gasteiger partial charge in [-0.1, -0.05) is 53.8 Å². The lowest BCUT2D eigenvalue weighted by Crippen LogP contribution is -2.21. The van der Waals surface area contributed by atoms with Crippen molar-refractivity contribution in [1.29, 1.82) is 0 Å². The van der Waals surface area contributed by atoms with Crippen LogP contribution in [0, 0.1) is 0 Å². The van der Waals surface area contributed by atoms with Gasteiger partial charge >= 0.3 is 6.09 Å². The van der Waals surface area contributed by atoms with E-state index < -0.39 is 9.89 Å². The molecule has 0 unspecified atom stereocenters. The van der Waals surface area contributed by atoms with Crippen LogP contribution in [0.15, 0.2) is 18.2 Å². The molecule has 1 amide bonds. The van der Waals surface area contributed by atoms with Gasteiger partial charge in [0.05, 0.1) is 5.02 Å². The highest BCUT2D eigenvalue weighted by Gasteiger charge is 2.22. The Labute approximate surface area is 137 Å². The first-order valence-electron chi connectivity index (χ1n) is 5.00. The topological polar surface area (TPSA) is 55.4 Å². The van der Waals surface area contributed by atoms with Crippen molar-refractivity contribution in [2.45, 2.75) is 18.1 Å². The van der Waals surface area contributed by atoms with Crippen LogP contribution in [0.25, 0.3) is 0 Å². The molecule has 1 N–H and O–H groups in total. The minimum Gasteiger partial charge on any atom is -0.445 e. The zero-order valence-corrected chi connectivity index (χ0v) is 12.7. The third-order valence-corrected chi connectivity index (χ3v) is 2.60. The lowest BCUT2D eigenvalue weighted by atomic mass is 10.1. The molecule has 0 aliphatic carbocycles. The van der Waals surface area contributed by atoms with Crippen LogP contribution >= 0.6 is 46.4 Å². The van der Waals surface area contributed by atoms with Gasteiger partial charge in [0.1, 0.15) is 6.61 Å². The Morgan fingerprint density at radius 1 is 1.30 bits per heavy atom. The summed E-state index contributed by atoms with van der Waals surface area (Å²) in [4.78, 5) is 22.5. The maximum Gasteiger partial charge on any atom is 0.411 e. The molecule has 0 saturated heterocycles. The van der Waals surface area contributed by atoms with Crippen LogP contribution in [0.1, 0.15) is 24.7 Å². The maximum absolute atomic E-state index is 11.4. The highest BCUT2D eigenvalue weighted by Crippen LogP contribution is 2.26. The normalized spacial score (nSPS) is 10.4. The number of anilines is 1. The second-order valence-electron chi connectivity index (χ2n) is 3.57. The second kappa shape index (κ2) is 7.93. The average Bonchev–Trinajstić information content (AvgIpc) is 2.25. The number of ketones is 1. The number of rotatable bonds is 3. The van der Waals surface area contributed by atoms with Gasteiger partial charge in [0.25, 0.3) is 0 Å². The van der Waals surface area contributed by atoms with Gasteiger partial charge in [0, 0.05) is 11.3 Å². The van der Waals surface area contributed by atoms with Crippen LogP contribution in [0.5, 0.6) is 0 Å². The van der Waals surface area contributed by atoms with Crippen molar-refractivity contribution in [3.05, 3.63) is 28.8 Å². The minimum absolute atomic E-state index is 0. The highest BCUT2D eigenvalue weighted by atomic mass is 35.6. The summed E-state index contributed by atoms with van der Waals surface area (Å²) in [6, 6.07) is 4.43. The van der Waals surface area contributed by atoms with E-state index in [1.54, 1.807) is 0 Å². The van der Waals surface area contributed by atoms with E-state index in [1.807, 2.05) is 0 Å². The molecular formula is C12H13Cl4NO3. The number of alkyl halides is 3. The molecule has 0 saturated carbocycles. The molecule has 8 heteroatoms. The Morgan fingerprint density at radius 3 is 2.35 bits per heavy atom. The number of hydrogen-bond acceptors (Lipinski definition) is 3. The lowest BCUT2D eigenvalue weighted by molar-refractivity contribution is 0.101.